The van der Waals surface area contributed by atoms with Gasteiger partial charge in [-0.25, -0.2) is 0 Å². The maximum Gasteiger partial charge on any atom is -0.00258 e. The topological polar surface area (TPSA) is 6.48 Å². The third-order valence-electron chi connectivity index (χ3n) is 2.09. The number of benzene rings is 2. The fourth-order valence-corrected chi connectivity index (χ4v) is 1.43. The van der Waals surface area contributed by atoms with Crippen LogP contribution in [0.2, 0.25) is 0 Å². The highest BCUT2D eigenvalue weighted by Crippen LogP contribution is 2.07. The summed E-state index contributed by atoms with van der Waals surface area (Å²) < 4.78 is 0. The van der Waals surface area contributed by atoms with Gasteiger partial charge in [0, 0.05) is 0 Å². The summed E-state index contributed by atoms with van der Waals surface area (Å²) in [4.78, 5) is 4.00. The Morgan fingerprint density at radius 1 is 0.480 bits per heavy atom. The summed E-state index contributed by atoms with van der Waals surface area (Å²) >= 11 is 0. The molecule has 0 aliphatic heterocycles. The monoisotopic (exact) mass is 346 g/mol. The molecular weight excluding hydrogens is 304 g/mol. The van der Waals surface area contributed by atoms with Gasteiger partial charge in [0.25, 0.3) is 0 Å². The first kappa shape index (κ1) is 28.2. The lowest BCUT2D eigenvalue weighted by Crippen LogP contribution is -1.99. The van der Waals surface area contributed by atoms with E-state index in [1.54, 1.807) is 0 Å². The van der Waals surface area contributed by atoms with Crippen molar-refractivity contribution in [2.75, 3.05) is 42.3 Å². The van der Waals surface area contributed by atoms with Crippen LogP contribution in [0.1, 0.15) is 38.8 Å². The first-order chi connectivity index (χ1) is 11.9. The van der Waals surface area contributed by atoms with E-state index < -0.39 is 0 Å². The third-order valence-corrected chi connectivity index (χ3v) is 2.09. The maximum atomic E-state index is 2.16. The number of nitrogens with zero attached hydrogens (tertiary/aromatic N) is 2. The van der Waals surface area contributed by atoms with Crippen LogP contribution in [0.25, 0.3) is 0 Å². The van der Waals surface area contributed by atoms with Crippen molar-refractivity contribution in [1.82, 2.24) is 9.80 Å². The molecule has 0 amide bonds. The van der Waals surface area contributed by atoms with Crippen LogP contribution in [0.3, 0.4) is 0 Å². The van der Waals surface area contributed by atoms with Crippen LogP contribution in [0.4, 0.5) is 0 Å². The smallest absolute Gasteiger partial charge is 0.00258 e. The second-order valence-electron chi connectivity index (χ2n) is 5.83. The van der Waals surface area contributed by atoms with Gasteiger partial charge in [0.1, 0.15) is 0 Å². The third kappa shape index (κ3) is 27.5. The van der Waals surface area contributed by atoms with Gasteiger partial charge in [-0.1, -0.05) is 88.4 Å². The van der Waals surface area contributed by atoms with E-state index >= 15 is 0 Å². The molecule has 0 N–H and O–H groups in total. The Labute approximate surface area is 158 Å². The quantitative estimate of drug-likeness (QED) is 0.689. The summed E-state index contributed by atoms with van der Waals surface area (Å²) in [5, 5.41) is 0. The molecule has 0 bridgehead atoms. The summed E-state index contributed by atoms with van der Waals surface area (Å²) in [7, 11) is 12.0. The molecule has 0 aliphatic rings. The molecule has 0 fully saturated rings. The molecule has 144 valence electrons. The molecule has 2 nitrogen and oxygen atoms in total. The van der Waals surface area contributed by atoms with E-state index in [-0.39, 0.29) is 0 Å². The Balaban J connectivity index is -0.000000339. The van der Waals surface area contributed by atoms with Gasteiger partial charge in [-0.2, -0.15) is 0 Å². The first-order valence-electron chi connectivity index (χ1n) is 9.21. The van der Waals surface area contributed by atoms with E-state index in [9.17, 15) is 0 Å². The molecule has 2 rings (SSSR count). The molecule has 0 heterocycles. The molecule has 0 unspecified atom stereocenters. The molecule has 2 aromatic carbocycles. The Morgan fingerprint density at radius 3 is 0.880 bits per heavy atom. The highest BCUT2D eigenvalue weighted by atomic mass is 15.0. The molecular formula is C23H42N2. The molecule has 0 radical (unpaired) electrons. The van der Waals surface area contributed by atoms with E-state index in [1.807, 2.05) is 79.8 Å². The Kier molecular flexibility index (Phi) is 25.2. The highest BCUT2D eigenvalue weighted by Gasteiger charge is 1.92. The van der Waals surface area contributed by atoms with Gasteiger partial charge in [-0.15, -0.1) is 0 Å². The molecule has 0 spiro atoms. The van der Waals surface area contributed by atoms with Crippen molar-refractivity contribution in [2.45, 2.75) is 34.1 Å². The van der Waals surface area contributed by atoms with E-state index in [4.69, 9.17) is 0 Å². The summed E-state index contributed by atoms with van der Waals surface area (Å²) in [5.41, 5.74) is 2.74. The summed E-state index contributed by atoms with van der Waals surface area (Å²) in [5.74, 6) is 0. The number of hydrogen-bond acceptors (Lipinski definition) is 2. The molecule has 0 saturated heterocycles. The molecule has 2 heteroatoms. The van der Waals surface area contributed by atoms with Crippen LogP contribution in [-0.4, -0.2) is 52.1 Å². The van der Waals surface area contributed by atoms with Crippen molar-refractivity contribution in [3.05, 3.63) is 71.8 Å². The van der Waals surface area contributed by atoms with Crippen LogP contribution >= 0.6 is 0 Å². The molecule has 25 heavy (non-hydrogen) atoms. The Morgan fingerprint density at radius 2 is 0.680 bits per heavy atom. The Bertz CT molecular complexity index is 387. The zero-order chi connectivity index (χ0) is 20.1. The van der Waals surface area contributed by atoms with Crippen molar-refractivity contribution in [1.29, 1.82) is 0 Å². The van der Waals surface area contributed by atoms with Gasteiger partial charge >= 0.3 is 0 Å². The molecule has 0 aliphatic carbocycles. The largest absolute Gasteiger partial charge is 0.312 e. The lowest BCUT2D eigenvalue weighted by atomic mass is 10.1. The number of hydrogen-bond donors (Lipinski definition) is 0. The maximum absolute atomic E-state index is 2.16. The van der Waals surface area contributed by atoms with E-state index in [0.29, 0.717) is 0 Å². The molecule has 2 aromatic rings. The predicted octanol–water partition coefficient (Wildman–Crippen LogP) is 5.69. The standard InChI is InChI=1S/C13H12.2C3H9N.2C2H6/c1-3-7-12(8-4-1)11-13-9-5-2-6-10-13;2*1-4(2)3;2*1-2/h1-10H,11H2;2*1-3H3;2*1-2H3. The van der Waals surface area contributed by atoms with Crippen molar-refractivity contribution >= 4 is 0 Å². The van der Waals surface area contributed by atoms with Gasteiger partial charge in [-0.3, -0.25) is 0 Å². The lowest BCUT2D eigenvalue weighted by molar-refractivity contribution is 0.505. The zero-order valence-corrected chi connectivity index (χ0v) is 18.4. The van der Waals surface area contributed by atoms with E-state index in [2.05, 4.69) is 60.7 Å². The highest BCUT2D eigenvalue weighted by molar-refractivity contribution is 5.25. The van der Waals surface area contributed by atoms with Gasteiger partial charge in [-0.05, 0) is 59.8 Å². The summed E-state index contributed by atoms with van der Waals surface area (Å²) in [6.07, 6.45) is 1.03. The van der Waals surface area contributed by atoms with Gasteiger partial charge in [0.15, 0.2) is 0 Å². The fraction of sp³-hybridized carbons (Fsp3) is 0.478. The van der Waals surface area contributed by atoms with Crippen molar-refractivity contribution in [2.24, 2.45) is 0 Å². The molecule has 0 saturated carbocycles. The van der Waals surface area contributed by atoms with E-state index in [0.717, 1.165) is 6.42 Å². The Hall–Kier alpha value is -1.64. The van der Waals surface area contributed by atoms with Gasteiger partial charge in [0.05, 0.1) is 0 Å². The molecule has 0 aromatic heterocycles. The van der Waals surface area contributed by atoms with Crippen LogP contribution in [-0.2, 0) is 6.42 Å². The summed E-state index contributed by atoms with van der Waals surface area (Å²) in [6, 6.07) is 21.1. The van der Waals surface area contributed by atoms with Crippen LogP contribution in [0, 0.1) is 0 Å². The second-order valence-corrected chi connectivity index (χ2v) is 5.83. The second kappa shape index (κ2) is 22.4. The number of rotatable bonds is 2. The van der Waals surface area contributed by atoms with Crippen LogP contribution < -0.4 is 0 Å². The molecule has 0 atom stereocenters. The normalized spacial score (nSPS) is 8.48. The average molecular weight is 347 g/mol. The van der Waals surface area contributed by atoms with E-state index in [1.165, 1.54) is 11.1 Å². The minimum absolute atomic E-state index is 1.03. The van der Waals surface area contributed by atoms with Crippen LogP contribution in [0.15, 0.2) is 60.7 Å². The summed E-state index contributed by atoms with van der Waals surface area (Å²) in [6.45, 7) is 8.00. The van der Waals surface area contributed by atoms with Crippen molar-refractivity contribution < 1.29 is 0 Å². The fourth-order valence-electron chi connectivity index (χ4n) is 1.43. The van der Waals surface area contributed by atoms with Crippen molar-refractivity contribution in [3.63, 3.8) is 0 Å². The lowest BCUT2D eigenvalue weighted by Gasteiger charge is -2.00. The predicted molar refractivity (Wildman–Crippen MR) is 118 cm³/mol. The van der Waals surface area contributed by atoms with Crippen LogP contribution in [0.5, 0.6) is 0 Å². The van der Waals surface area contributed by atoms with Crippen molar-refractivity contribution in [3.8, 4) is 0 Å². The zero-order valence-electron chi connectivity index (χ0n) is 18.4. The SMILES string of the molecule is CC.CC.CN(C)C.CN(C)C.c1ccc(Cc2ccccc2)cc1. The van der Waals surface area contributed by atoms with Gasteiger partial charge in [0.2, 0.25) is 0 Å². The first-order valence-corrected chi connectivity index (χ1v) is 9.21. The average Bonchev–Trinajstić information content (AvgIpc) is 2.59. The minimum atomic E-state index is 1.03. The minimum Gasteiger partial charge on any atom is -0.312 e. The van der Waals surface area contributed by atoms with Gasteiger partial charge < -0.3 is 9.80 Å².